The molecule has 0 atom stereocenters. The Morgan fingerprint density at radius 2 is 2.29 bits per heavy atom. The molecule has 14 heavy (non-hydrogen) atoms. The summed E-state index contributed by atoms with van der Waals surface area (Å²) in [7, 11) is 0. The molecule has 0 fully saturated rings. The van der Waals surface area contributed by atoms with E-state index in [-0.39, 0.29) is 0 Å². The summed E-state index contributed by atoms with van der Waals surface area (Å²) in [4.78, 5) is 12.5. The minimum atomic E-state index is -2.86. The molecule has 0 saturated carbocycles. The molecule has 0 saturated heterocycles. The lowest BCUT2D eigenvalue weighted by Gasteiger charge is -1.98. The van der Waals surface area contributed by atoms with Crippen molar-refractivity contribution in [3.8, 4) is 6.07 Å². The molecule has 0 radical (unpaired) electrons. The van der Waals surface area contributed by atoms with Crippen LogP contribution in [0.4, 0.5) is 14.6 Å². The first-order valence-corrected chi connectivity index (χ1v) is 3.39. The Bertz CT molecular complexity index is 414. The van der Waals surface area contributed by atoms with Crippen LogP contribution in [-0.2, 0) is 0 Å². The van der Waals surface area contributed by atoms with Crippen molar-refractivity contribution < 1.29 is 13.7 Å². The Balaban J connectivity index is 3.27. The summed E-state index contributed by atoms with van der Waals surface area (Å²) in [5, 5.41) is 18.6. The lowest BCUT2D eigenvalue weighted by Crippen LogP contribution is -1.97. The van der Waals surface area contributed by atoms with Crippen LogP contribution in [0.3, 0.4) is 0 Å². The number of nitro groups is 1. The van der Waals surface area contributed by atoms with Gasteiger partial charge in [-0.2, -0.15) is 5.26 Å². The van der Waals surface area contributed by atoms with Crippen LogP contribution in [0.15, 0.2) is 12.3 Å². The molecule has 5 nitrogen and oxygen atoms in total. The molecule has 0 aliphatic rings. The number of alkyl halides is 2. The summed E-state index contributed by atoms with van der Waals surface area (Å²) in [6, 6.07) is 2.17. The third-order valence-electron chi connectivity index (χ3n) is 1.46. The summed E-state index contributed by atoms with van der Waals surface area (Å²) in [6.07, 6.45) is -2.22. The normalized spacial score (nSPS) is 9.86. The second kappa shape index (κ2) is 3.74. The number of nitrogens with zero attached hydrogens (tertiary/aromatic N) is 3. The first kappa shape index (κ1) is 9.98. The van der Waals surface area contributed by atoms with Crippen LogP contribution in [-0.4, -0.2) is 9.91 Å². The average Bonchev–Trinajstić information content (AvgIpc) is 2.16. The van der Waals surface area contributed by atoms with Gasteiger partial charge in [-0.3, -0.25) is 0 Å². The lowest BCUT2D eigenvalue weighted by atomic mass is 10.1. The molecule has 0 amide bonds. The van der Waals surface area contributed by atoms with Gasteiger partial charge in [-0.05, 0) is 9.91 Å². The third-order valence-corrected chi connectivity index (χ3v) is 1.46. The van der Waals surface area contributed by atoms with Gasteiger partial charge in [0.2, 0.25) is 0 Å². The van der Waals surface area contributed by atoms with Gasteiger partial charge < -0.3 is 10.1 Å². The molecule has 1 aromatic heterocycles. The van der Waals surface area contributed by atoms with E-state index in [0.29, 0.717) is 6.20 Å². The monoisotopic (exact) mass is 199 g/mol. The first-order valence-electron chi connectivity index (χ1n) is 3.39. The number of aromatic nitrogens is 1. The molecule has 7 heteroatoms. The van der Waals surface area contributed by atoms with E-state index in [1.807, 2.05) is 0 Å². The van der Waals surface area contributed by atoms with Crippen LogP contribution in [0.1, 0.15) is 17.6 Å². The van der Waals surface area contributed by atoms with E-state index in [0.717, 1.165) is 6.07 Å². The van der Waals surface area contributed by atoms with Crippen LogP contribution in [0.25, 0.3) is 0 Å². The molecule has 1 aromatic rings. The minimum absolute atomic E-state index is 0.429. The predicted octanol–water partition coefficient (Wildman–Crippen LogP) is 1.80. The lowest BCUT2D eigenvalue weighted by molar-refractivity contribution is -0.389. The number of halogens is 2. The van der Waals surface area contributed by atoms with Crippen LogP contribution < -0.4 is 0 Å². The zero-order chi connectivity index (χ0) is 10.7. The molecule has 0 aromatic carbocycles. The van der Waals surface area contributed by atoms with Crippen LogP contribution >= 0.6 is 0 Å². The number of hydrogen-bond acceptors (Lipinski definition) is 4. The maximum atomic E-state index is 12.2. The second-order valence-corrected chi connectivity index (χ2v) is 2.30. The summed E-state index contributed by atoms with van der Waals surface area (Å²) in [5.74, 6) is -0.619. The Kier molecular flexibility index (Phi) is 2.67. The Morgan fingerprint density at radius 1 is 1.64 bits per heavy atom. The van der Waals surface area contributed by atoms with Crippen molar-refractivity contribution in [3.05, 3.63) is 33.5 Å². The smallest absolute Gasteiger partial charge is 0.358 e. The molecule has 1 rings (SSSR count). The van der Waals surface area contributed by atoms with Crippen molar-refractivity contribution in [1.29, 1.82) is 5.26 Å². The van der Waals surface area contributed by atoms with Crippen LogP contribution in [0, 0.1) is 21.4 Å². The van der Waals surface area contributed by atoms with Gasteiger partial charge in [0.25, 0.3) is 6.43 Å². The van der Waals surface area contributed by atoms with Crippen molar-refractivity contribution in [2.24, 2.45) is 0 Å². The summed E-state index contributed by atoms with van der Waals surface area (Å²) >= 11 is 0. The standard InChI is InChI=1S/C7H3F2N3O2/c8-7(9)5-3-11-6(12(13)14)1-4(5)2-10/h1,3,7H. The number of pyridine rings is 1. The zero-order valence-electron chi connectivity index (χ0n) is 6.65. The highest BCUT2D eigenvalue weighted by Crippen LogP contribution is 2.23. The minimum Gasteiger partial charge on any atom is -0.358 e. The summed E-state index contributed by atoms with van der Waals surface area (Å²) in [6.45, 7) is 0. The highest BCUT2D eigenvalue weighted by atomic mass is 19.3. The van der Waals surface area contributed by atoms with E-state index in [9.17, 15) is 18.9 Å². The fraction of sp³-hybridized carbons (Fsp3) is 0.143. The molecule has 0 aliphatic carbocycles. The molecule has 0 bridgehead atoms. The van der Waals surface area contributed by atoms with E-state index in [1.165, 1.54) is 6.07 Å². The van der Waals surface area contributed by atoms with Crippen molar-refractivity contribution >= 4 is 5.82 Å². The van der Waals surface area contributed by atoms with Crippen molar-refractivity contribution in [3.63, 3.8) is 0 Å². The quantitative estimate of drug-likeness (QED) is 0.537. The second-order valence-electron chi connectivity index (χ2n) is 2.30. The maximum Gasteiger partial charge on any atom is 0.364 e. The summed E-state index contributed by atoms with van der Waals surface area (Å²) < 4.78 is 24.4. The topological polar surface area (TPSA) is 79.8 Å². The SMILES string of the molecule is N#Cc1cc([N+](=O)[O-])ncc1C(F)F. The van der Waals surface area contributed by atoms with E-state index < -0.39 is 28.3 Å². The van der Waals surface area contributed by atoms with Gasteiger partial charge in [0, 0.05) is 0 Å². The van der Waals surface area contributed by atoms with Gasteiger partial charge in [0.15, 0.2) is 6.20 Å². The van der Waals surface area contributed by atoms with E-state index >= 15 is 0 Å². The molecule has 72 valence electrons. The molecular weight excluding hydrogens is 196 g/mol. The highest BCUT2D eigenvalue weighted by Gasteiger charge is 2.19. The molecule has 0 N–H and O–H groups in total. The average molecular weight is 199 g/mol. The Labute approximate surface area is 76.8 Å². The number of rotatable bonds is 2. The van der Waals surface area contributed by atoms with Crippen LogP contribution in [0.2, 0.25) is 0 Å². The van der Waals surface area contributed by atoms with Gasteiger partial charge in [0.05, 0.1) is 17.2 Å². The van der Waals surface area contributed by atoms with Crippen molar-refractivity contribution in [2.75, 3.05) is 0 Å². The van der Waals surface area contributed by atoms with Gasteiger partial charge in [-0.25, -0.2) is 8.78 Å². The Hall–Kier alpha value is -2.10. The number of nitriles is 1. The summed E-state index contributed by atoms with van der Waals surface area (Å²) in [5.41, 5.74) is -1.03. The molecule has 0 aliphatic heterocycles. The van der Waals surface area contributed by atoms with E-state index in [1.54, 1.807) is 0 Å². The number of hydrogen-bond donors (Lipinski definition) is 0. The van der Waals surface area contributed by atoms with Crippen molar-refractivity contribution in [1.82, 2.24) is 4.98 Å². The molecule has 0 unspecified atom stereocenters. The first-order chi connectivity index (χ1) is 6.56. The molecule has 1 heterocycles. The predicted molar refractivity (Wildman–Crippen MR) is 40.6 cm³/mol. The highest BCUT2D eigenvalue weighted by molar-refractivity contribution is 5.41. The largest absolute Gasteiger partial charge is 0.364 e. The van der Waals surface area contributed by atoms with E-state index in [4.69, 9.17) is 5.26 Å². The van der Waals surface area contributed by atoms with Gasteiger partial charge in [-0.15, -0.1) is 0 Å². The van der Waals surface area contributed by atoms with E-state index in [2.05, 4.69) is 4.98 Å². The Morgan fingerprint density at radius 3 is 2.71 bits per heavy atom. The van der Waals surface area contributed by atoms with Gasteiger partial charge in [0.1, 0.15) is 6.07 Å². The van der Waals surface area contributed by atoms with Gasteiger partial charge in [-0.1, -0.05) is 0 Å². The fourth-order valence-electron chi connectivity index (χ4n) is 0.825. The van der Waals surface area contributed by atoms with Gasteiger partial charge >= 0.3 is 5.82 Å². The fourth-order valence-corrected chi connectivity index (χ4v) is 0.825. The molecular formula is C7H3F2N3O2. The molecule has 0 spiro atoms. The zero-order valence-corrected chi connectivity index (χ0v) is 6.65. The van der Waals surface area contributed by atoms with Crippen LogP contribution in [0.5, 0.6) is 0 Å². The van der Waals surface area contributed by atoms with Crippen molar-refractivity contribution in [2.45, 2.75) is 6.43 Å². The third kappa shape index (κ3) is 1.80. The maximum absolute atomic E-state index is 12.2.